The van der Waals surface area contributed by atoms with E-state index in [2.05, 4.69) is 59.8 Å². The fourth-order valence-corrected chi connectivity index (χ4v) is 10.3. The lowest BCUT2D eigenvalue weighted by Gasteiger charge is -2.58. The molecule has 0 radical (unpaired) electrons. The predicted octanol–water partition coefficient (Wildman–Crippen LogP) is 6.65. The molecule has 40 heavy (non-hydrogen) atoms. The molecule has 11 unspecified atom stereocenters. The monoisotopic (exact) mass is 558 g/mol. The summed E-state index contributed by atoms with van der Waals surface area (Å²) >= 11 is 0. The van der Waals surface area contributed by atoms with Gasteiger partial charge in [0.05, 0.1) is 18.8 Å². The van der Waals surface area contributed by atoms with E-state index in [-0.39, 0.29) is 24.5 Å². The summed E-state index contributed by atoms with van der Waals surface area (Å²) in [6.45, 7) is 14.4. The van der Waals surface area contributed by atoms with Gasteiger partial charge in [-0.05, 0) is 110 Å². The van der Waals surface area contributed by atoms with Crippen molar-refractivity contribution in [1.29, 1.82) is 0 Å². The lowest BCUT2D eigenvalue weighted by atomic mass is 9.47. The molecule has 228 valence electrons. The number of hydrogen-bond donors (Lipinski definition) is 3. The highest BCUT2D eigenvalue weighted by Gasteiger charge is 2.59. The lowest BCUT2D eigenvalue weighted by molar-refractivity contribution is -0.271. The van der Waals surface area contributed by atoms with Gasteiger partial charge in [0.15, 0.2) is 6.29 Å². The standard InChI is InChI=1S/C35H58O5/c1-7-23(21(2)3)9-8-22(4)27-12-13-28-26-11-10-24-18-25(39-32-19-30(37)33(38)31(20-36)40-32)14-16-34(24,5)29(26)15-17-35(27,28)6/h8-10,21-23,25-33,36-38H,7,11-20H2,1-6H3/b9-8+/t22-,23?,25?,26?,27?,28?,29?,30?,31?,32?,33+,34?,35?/m1/s1. The van der Waals surface area contributed by atoms with Crippen molar-refractivity contribution in [2.45, 2.75) is 136 Å². The molecule has 5 rings (SSSR count). The smallest absolute Gasteiger partial charge is 0.161 e. The fourth-order valence-electron chi connectivity index (χ4n) is 10.3. The van der Waals surface area contributed by atoms with Crippen LogP contribution in [0.5, 0.6) is 0 Å². The van der Waals surface area contributed by atoms with Crippen molar-refractivity contribution >= 4 is 0 Å². The molecule has 1 saturated heterocycles. The molecule has 4 aliphatic carbocycles. The van der Waals surface area contributed by atoms with Gasteiger partial charge in [-0.2, -0.15) is 0 Å². The molecule has 5 aliphatic rings. The number of hydrogen-bond acceptors (Lipinski definition) is 5. The van der Waals surface area contributed by atoms with Crippen LogP contribution in [0.2, 0.25) is 0 Å². The van der Waals surface area contributed by atoms with Gasteiger partial charge in [0.1, 0.15) is 12.2 Å². The van der Waals surface area contributed by atoms with Crippen molar-refractivity contribution in [3.63, 3.8) is 0 Å². The van der Waals surface area contributed by atoms with E-state index in [1.807, 2.05) is 0 Å². The highest BCUT2D eigenvalue weighted by Crippen LogP contribution is 2.67. The zero-order valence-corrected chi connectivity index (χ0v) is 26.1. The molecule has 5 nitrogen and oxygen atoms in total. The third kappa shape index (κ3) is 5.52. The normalized spacial score (nSPS) is 47.0. The molecule has 0 spiro atoms. The molecule has 0 aromatic heterocycles. The van der Waals surface area contributed by atoms with Gasteiger partial charge in [-0.3, -0.25) is 0 Å². The van der Waals surface area contributed by atoms with E-state index in [0.717, 1.165) is 42.9 Å². The lowest BCUT2D eigenvalue weighted by Crippen LogP contribution is -2.52. The van der Waals surface area contributed by atoms with Crippen LogP contribution in [-0.2, 0) is 9.47 Å². The molecule has 3 N–H and O–H groups in total. The van der Waals surface area contributed by atoms with E-state index in [9.17, 15) is 15.3 Å². The third-order valence-corrected chi connectivity index (χ3v) is 12.8. The van der Waals surface area contributed by atoms with Crippen molar-refractivity contribution in [2.24, 2.45) is 52.3 Å². The maximum absolute atomic E-state index is 10.2. The minimum atomic E-state index is -1.06. The second kappa shape index (κ2) is 12.1. The maximum atomic E-state index is 10.2. The summed E-state index contributed by atoms with van der Waals surface area (Å²) in [5.74, 6) is 5.27. The Balaban J connectivity index is 1.25. The Hall–Kier alpha value is -0.720. The van der Waals surface area contributed by atoms with Crippen LogP contribution < -0.4 is 0 Å². The SMILES string of the molecule is CCC(/C=C/[C@@H](C)C1CCC2C3CC=C4CC(OC5CC(O)[C@H](O)C(CO)O5)CCC4(C)C3CCC21C)C(C)C. The van der Waals surface area contributed by atoms with Gasteiger partial charge in [0.2, 0.25) is 0 Å². The first-order chi connectivity index (χ1) is 19.0. The van der Waals surface area contributed by atoms with Gasteiger partial charge in [-0.15, -0.1) is 0 Å². The molecule has 1 heterocycles. The Labute approximate surface area is 243 Å². The van der Waals surface area contributed by atoms with E-state index in [0.29, 0.717) is 23.2 Å². The van der Waals surface area contributed by atoms with Gasteiger partial charge in [-0.1, -0.05) is 65.3 Å². The summed E-state index contributed by atoms with van der Waals surface area (Å²) in [6.07, 6.45) is 15.7. The highest BCUT2D eigenvalue weighted by atomic mass is 16.7. The van der Waals surface area contributed by atoms with Crippen LogP contribution in [0, 0.1) is 52.3 Å². The molecule has 0 bridgehead atoms. The second-order valence-corrected chi connectivity index (χ2v) is 15.1. The first kappa shape index (κ1) is 30.7. The Morgan fingerprint density at radius 2 is 1.82 bits per heavy atom. The van der Waals surface area contributed by atoms with E-state index < -0.39 is 24.6 Å². The third-order valence-electron chi connectivity index (χ3n) is 12.8. The summed E-state index contributed by atoms with van der Waals surface area (Å²) in [7, 11) is 0. The van der Waals surface area contributed by atoms with Crippen molar-refractivity contribution in [2.75, 3.05) is 6.61 Å². The van der Waals surface area contributed by atoms with Gasteiger partial charge >= 0.3 is 0 Å². The Bertz CT molecular complexity index is 929. The molecule has 0 aromatic carbocycles. The fraction of sp³-hybridized carbons (Fsp3) is 0.886. The Morgan fingerprint density at radius 1 is 1.05 bits per heavy atom. The molecule has 5 heteroatoms. The summed E-state index contributed by atoms with van der Waals surface area (Å²) in [6, 6.07) is 0. The summed E-state index contributed by atoms with van der Waals surface area (Å²) < 4.78 is 12.1. The number of rotatable bonds is 8. The number of ether oxygens (including phenoxy) is 2. The van der Waals surface area contributed by atoms with E-state index >= 15 is 0 Å². The quantitative estimate of drug-likeness (QED) is 0.291. The summed E-state index contributed by atoms with van der Waals surface area (Å²) in [5.41, 5.74) is 2.30. The van der Waals surface area contributed by atoms with Crippen molar-refractivity contribution in [1.82, 2.24) is 0 Å². The second-order valence-electron chi connectivity index (χ2n) is 15.1. The maximum Gasteiger partial charge on any atom is 0.161 e. The van der Waals surface area contributed by atoms with E-state index in [1.54, 1.807) is 5.57 Å². The minimum Gasteiger partial charge on any atom is -0.394 e. The van der Waals surface area contributed by atoms with Crippen molar-refractivity contribution < 1.29 is 24.8 Å². The van der Waals surface area contributed by atoms with Crippen LogP contribution >= 0.6 is 0 Å². The van der Waals surface area contributed by atoms with Crippen LogP contribution in [0.15, 0.2) is 23.8 Å². The first-order valence-electron chi connectivity index (χ1n) is 16.7. The Morgan fingerprint density at radius 3 is 2.52 bits per heavy atom. The molecule has 1 aliphatic heterocycles. The van der Waals surface area contributed by atoms with Crippen LogP contribution in [0.1, 0.15) is 106 Å². The number of aliphatic hydroxyl groups is 3. The highest BCUT2D eigenvalue weighted by molar-refractivity contribution is 5.25. The predicted molar refractivity (Wildman–Crippen MR) is 159 cm³/mol. The first-order valence-corrected chi connectivity index (χ1v) is 16.7. The average Bonchev–Trinajstić information content (AvgIpc) is 3.28. The van der Waals surface area contributed by atoms with Crippen LogP contribution in [0.3, 0.4) is 0 Å². The molecule has 0 aromatic rings. The Kier molecular flexibility index (Phi) is 9.30. The molecular formula is C35H58O5. The summed E-state index contributed by atoms with van der Waals surface area (Å²) in [5, 5.41) is 29.8. The summed E-state index contributed by atoms with van der Waals surface area (Å²) in [4.78, 5) is 0. The van der Waals surface area contributed by atoms with Gasteiger partial charge in [0.25, 0.3) is 0 Å². The minimum absolute atomic E-state index is 0.0674. The largest absolute Gasteiger partial charge is 0.394 e. The van der Waals surface area contributed by atoms with Gasteiger partial charge < -0.3 is 24.8 Å². The number of aliphatic hydroxyl groups excluding tert-OH is 3. The van der Waals surface area contributed by atoms with Crippen LogP contribution in [-0.4, -0.2) is 52.6 Å². The molecular weight excluding hydrogens is 500 g/mol. The zero-order chi connectivity index (χ0) is 28.8. The number of fused-ring (bicyclic) bond motifs is 5. The topological polar surface area (TPSA) is 79.2 Å². The number of allylic oxidation sites excluding steroid dienone is 3. The van der Waals surface area contributed by atoms with E-state index in [1.165, 1.54) is 38.5 Å². The van der Waals surface area contributed by atoms with Crippen LogP contribution in [0.25, 0.3) is 0 Å². The van der Waals surface area contributed by atoms with Gasteiger partial charge in [-0.25, -0.2) is 0 Å². The molecule has 13 atom stereocenters. The zero-order valence-electron chi connectivity index (χ0n) is 26.1. The van der Waals surface area contributed by atoms with E-state index in [4.69, 9.17) is 9.47 Å². The average molecular weight is 559 g/mol. The molecule has 0 amide bonds. The van der Waals surface area contributed by atoms with Crippen LogP contribution in [0.4, 0.5) is 0 Å². The molecule has 3 saturated carbocycles. The van der Waals surface area contributed by atoms with Gasteiger partial charge in [0, 0.05) is 6.42 Å². The molecule has 4 fully saturated rings. The van der Waals surface area contributed by atoms with Crippen molar-refractivity contribution in [3.8, 4) is 0 Å². The van der Waals surface area contributed by atoms with Crippen molar-refractivity contribution in [3.05, 3.63) is 23.8 Å².